The Kier molecular flexibility index (Phi) is 5.77. The van der Waals surface area contributed by atoms with Crippen LogP contribution in [0.5, 0.6) is 5.75 Å². The molecule has 1 N–H and O–H groups in total. The van der Waals surface area contributed by atoms with Crippen LogP contribution in [0.1, 0.15) is 51.6 Å². The van der Waals surface area contributed by atoms with Crippen LogP contribution in [-0.4, -0.2) is 37.2 Å². The van der Waals surface area contributed by atoms with E-state index in [1.54, 1.807) is 43.3 Å². The van der Waals surface area contributed by atoms with Crippen molar-refractivity contribution >= 4 is 29.1 Å². The van der Waals surface area contributed by atoms with E-state index in [1.807, 2.05) is 0 Å². The van der Waals surface area contributed by atoms with E-state index in [4.69, 9.17) is 9.47 Å². The molecule has 0 saturated heterocycles. The van der Waals surface area contributed by atoms with E-state index in [2.05, 4.69) is 5.32 Å². The normalized spacial score (nSPS) is 14.7. The zero-order chi connectivity index (χ0) is 21.1. The molecule has 0 unspecified atom stereocenters. The number of hydrogen-bond acceptors (Lipinski definition) is 6. The van der Waals surface area contributed by atoms with Gasteiger partial charge in [0.15, 0.2) is 18.2 Å². The molecule has 3 rings (SSSR count). The van der Waals surface area contributed by atoms with E-state index < -0.39 is 12.6 Å². The minimum absolute atomic E-state index is 0.113. The van der Waals surface area contributed by atoms with Crippen molar-refractivity contribution in [3.05, 3.63) is 58.7 Å². The summed E-state index contributed by atoms with van der Waals surface area (Å²) in [5.41, 5.74) is 2.77. The minimum Gasteiger partial charge on any atom is -0.496 e. The molecular weight excluding hydrogens is 374 g/mol. The average Bonchev–Trinajstić information content (AvgIpc) is 2.99. The Bertz CT molecular complexity index is 1010. The molecule has 1 heterocycles. The van der Waals surface area contributed by atoms with Crippen LogP contribution in [0.4, 0.5) is 5.69 Å². The predicted molar refractivity (Wildman–Crippen MR) is 105 cm³/mol. The average molecular weight is 395 g/mol. The topological polar surface area (TPSA) is 98.8 Å². The van der Waals surface area contributed by atoms with Crippen LogP contribution in [0, 0.1) is 0 Å². The van der Waals surface area contributed by atoms with Crippen LogP contribution >= 0.6 is 0 Å². The van der Waals surface area contributed by atoms with Crippen molar-refractivity contribution in [3.63, 3.8) is 0 Å². The lowest BCUT2D eigenvalue weighted by Crippen LogP contribution is -2.16. The molecular formula is C22H21NO6. The van der Waals surface area contributed by atoms with E-state index in [1.165, 1.54) is 14.0 Å². The standard InChI is InChI=1S/C22H21NO6/c1-12-17-9-15(4-6-18(17)23-22(12)27)19(25)11-29-21(26)10-16-8-14(13(2)24)5-7-20(16)28-3/h4-9,12H,10-11H2,1-3H3,(H,23,27)/t12-/m1/s1. The number of methoxy groups -OCH3 is 1. The van der Waals surface area contributed by atoms with Gasteiger partial charge in [-0.05, 0) is 55.8 Å². The molecule has 1 aliphatic rings. The molecule has 1 amide bonds. The van der Waals surface area contributed by atoms with Gasteiger partial charge in [-0.15, -0.1) is 0 Å². The molecule has 0 aliphatic carbocycles. The first-order chi connectivity index (χ1) is 13.8. The first-order valence-corrected chi connectivity index (χ1v) is 9.11. The highest BCUT2D eigenvalue weighted by Gasteiger charge is 2.27. The van der Waals surface area contributed by atoms with Crippen LogP contribution < -0.4 is 10.1 Å². The van der Waals surface area contributed by atoms with Crippen molar-refractivity contribution in [2.24, 2.45) is 0 Å². The maximum atomic E-state index is 12.4. The summed E-state index contributed by atoms with van der Waals surface area (Å²) in [6, 6.07) is 9.72. The fraction of sp³-hybridized carbons (Fsp3) is 0.273. The zero-order valence-electron chi connectivity index (χ0n) is 16.4. The van der Waals surface area contributed by atoms with Crippen molar-refractivity contribution in [1.29, 1.82) is 0 Å². The summed E-state index contributed by atoms with van der Waals surface area (Å²) in [6.07, 6.45) is -0.128. The van der Waals surface area contributed by atoms with E-state index in [9.17, 15) is 19.2 Å². The number of anilines is 1. The lowest BCUT2D eigenvalue weighted by molar-refractivity contribution is -0.141. The fourth-order valence-electron chi connectivity index (χ4n) is 3.16. The molecule has 0 aromatic heterocycles. The van der Waals surface area contributed by atoms with E-state index >= 15 is 0 Å². The highest BCUT2D eigenvalue weighted by atomic mass is 16.5. The van der Waals surface area contributed by atoms with E-state index in [0.29, 0.717) is 28.1 Å². The molecule has 150 valence electrons. The van der Waals surface area contributed by atoms with Crippen LogP contribution in [-0.2, 0) is 20.7 Å². The highest BCUT2D eigenvalue weighted by molar-refractivity contribution is 6.05. The quantitative estimate of drug-likeness (QED) is 0.572. The Morgan fingerprint density at radius 1 is 1.07 bits per heavy atom. The van der Waals surface area contributed by atoms with Gasteiger partial charge in [-0.25, -0.2) is 0 Å². The second kappa shape index (κ2) is 8.26. The Morgan fingerprint density at radius 2 is 1.79 bits per heavy atom. The Morgan fingerprint density at radius 3 is 2.48 bits per heavy atom. The number of fused-ring (bicyclic) bond motifs is 1. The summed E-state index contributed by atoms with van der Waals surface area (Å²) >= 11 is 0. The number of Topliss-reactive ketones (excluding diaryl/α,β-unsaturated/α-hetero) is 2. The minimum atomic E-state index is -0.608. The Labute approximate surface area is 168 Å². The molecule has 2 aromatic rings. The summed E-state index contributed by atoms with van der Waals surface area (Å²) in [5.74, 6) is -1.08. The van der Waals surface area contributed by atoms with E-state index in [-0.39, 0.29) is 29.8 Å². The van der Waals surface area contributed by atoms with Crippen molar-refractivity contribution < 1.29 is 28.7 Å². The number of amides is 1. The number of rotatable bonds is 7. The van der Waals surface area contributed by atoms with Gasteiger partial charge in [-0.2, -0.15) is 0 Å². The smallest absolute Gasteiger partial charge is 0.310 e. The second-order valence-electron chi connectivity index (χ2n) is 6.86. The van der Waals surface area contributed by atoms with Crippen LogP contribution in [0.3, 0.4) is 0 Å². The monoisotopic (exact) mass is 395 g/mol. The van der Waals surface area contributed by atoms with Crippen molar-refractivity contribution in [1.82, 2.24) is 0 Å². The Balaban J connectivity index is 1.64. The van der Waals surface area contributed by atoms with Gasteiger partial charge in [-0.3, -0.25) is 19.2 Å². The molecule has 0 bridgehead atoms. The Hall–Kier alpha value is -3.48. The van der Waals surface area contributed by atoms with Gasteiger partial charge in [0.05, 0.1) is 19.4 Å². The molecule has 7 nitrogen and oxygen atoms in total. The SMILES string of the molecule is COc1ccc(C(C)=O)cc1CC(=O)OCC(=O)c1ccc2c(c1)[C@@H](C)C(=O)N2. The fourth-order valence-corrected chi connectivity index (χ4v) is 3.16. The maximum absolute atomic E-state index is 12.4. The molecule has 29 heavy (non-hydrogen) atoms. The van der Waals surface area contributed by atoms with Crippen LogP contribution in [0.25, 0.3) is 0 Å². The third kappa shape index (κ3) is 4.34. The maximum Gasteiger partial charge on any atom is 0.310 e. The third-order valence-corrected chi connectivity index (χ3v) is 4.88. The summed E-state index contributed by atoms with van der Waals surface area (Å²) < 4.78 is 10.3. The van der Waals surface area contributed by atoms with Gasteiger partial charge < -0.3 is 14.8 Å². The molecule has 2 aromatic carbocycles. The molecule has 0 radical (unpaired) electrons. The van der Waals surface area contributed by atoms with E-state index in [0.717, 1.165) is 5.56 Å². The predicted octanol–water partition coefficient (Wildman–Crippen LogP) is 2.92. The summed E-state index contributed by atoms with van der Waals surface area (Å²) in [6.45, 7) is 2.78. The number of ketones is 2. The molecule has 0 spiro atoms. The van der Waals surface area contributed by atoms with Gasteiger partial charge in [0.25, 0.3) is 0 Å². The van der Waals surface area contributed by atoms with Gasteiger partial charge in [0, 0.05) is 22.4 Å². The molecule has 0 fully saturated rings. The van der Waals surface area contributed by atoms with Crippen molar-refractivity contribution in [2.75, 3.05) is 19.0 Å². The number of hydrogen-bond donors (Lipinski definition) is 1. The lowest BCUT2D eigenvalue weighted by atomic mass is 9.99. The van der Waals surface area contributed by atoms with Gasteiger partial charge in [0.2, 0.25) is 5.91 Å². The number of carbonyl (C=O) groups is 4. The number of carbonyl (C=O) groups excluding carboxylic acids is 4. The van der Waals surface area contributed by atoms with Crippen molar-refractivity contribution in [3.8, 4) is 5.75 Å². The number of ether oxygens (including phenoxy) is 2. The second-order valence-corrected chi connectivity index (χ2v) is 6.86. The molecule has 0 saturated carbocycles. The number of esters is 1. The highest BCUT2D eigenvalue weighted by Crippen LogP contribution is 2.32. The number of nitrogens with one attached hydrogen (secondary N) is 1. The summed E-state index contributed by atoms with van der Waals surface area (Å²) in [7, 11) is 1.47. The zero-order valence-corrected chi connectivity index (χ0v) is 16.4. The first kappa shape index (κ1) is 20.3. The van der Waals surface area contributed by atoms with Crippen LogP contribution in [0.2, 0.25) is 0 Å². The summed E-state index contributed by atoms with van der Waals surface area (Å²) in [4.78, 5) is 47.9. The van der Waals surface area contributed by atoms with Gasteiger partial charge in [-0.1, -0.05) is 0 Å². The largest absolute Gasteiger partial charge is 0.496 e. The van der Waals surface area contributed by atoms with Gasteiger partial charge >= 0.3 is 5.97 Å². The molecule has 1 aliphatic heterocycles. The first-order valence-electron chi connectivity index (χ1n) is 9.11. The van der Waals surface area contributed by atoms with Crippen LogP contribution in [0.15, 0.2) is 36.4 Å². The lowest BCUT2D eigenvalue weighted by Gasteiger charge is -2.10. The summed E-state index contributed by atoms with van der Waals surface area (Å²) in [5, 5.41) is 2.74. The van der Waals surface area contributed by atoms with Gasteiger partial charge in [0.1, 0.15) is 5.75 Å². The molecule has 1 atom stereocenters. The molecule has 7 heteroatoms. The third-order valence-electron chi connectivity index (χ3n) is 4.88. The number of benzene rings is 2. The van der Waals surface area contributed by atoms with Crippen molar-refractivity contribution in [2.45, 2.75) is 26.2 Å².